The molecule has 5 heteroatoms. The number of hydrogen-bond acceptors (Lipinski definition) is 3. The lowest BCUT2D eigenvalue weighted by Gasteiger charge is -2.27. The number of anilines is 2. The highest BCUT2D eigenvalue weighted by molar-refractivity contribution is 6.06. The average Bonchev–Trinajstić information content (AvgIpc) is 2.58. The summed E-state index contributed by atoms with van der Waals surface area (Å²) in [6, 6.07) is 12.3. The van der Waals surface area contributed by atoms with E-state index >= 15 is 0 Å². The summed E-state index contributed by atoms with van der Waals surface area (Å²) < 4.78 is 0. The number of amides is 2. The predicted octanol–water partition coefficient (Wildman–Crippen LogP) is 3.47. The number of phenols is 1. The second-order valence-corrected chi connectivity index (χ2v) is 5.98. The number of carbonyl (C=O) groups excluding carboxylic acids is 2. The Hall–Kier alpha value is -2.82. The summed E-state index contributed by atoms with van der Waals surface area (Å²) in [5.74, 6) is -0.281. The second kappa shape index (κ2) is 6.74. The van der Waals surface area contributed by atoms with Gasteiger partial charge in [0.05, 0.1) is 5.56 Å². The van der Waals surface area contributed by atoms with E-state index in [1.807, 2.05) is 12.1 Å². The minimum atomic E-state index is -0.377. The number of hydrogen-bond donors (Lipinski definition) is 2. The molecule has 24 heavy (non-hydrogen) atoms. The molecule has 1 fully saturated rings. The minimum absolute atomic E-state index is 0.0163. The third-order valence-electron chi connectivity index (χ3n) is 4.22. The summed E-state index contributed by atoms with van der Waals surface area (Å²) in [5, 5.41) is 12.8. The molecule has 1 aliphatic rings. The normalized spacial score (nSPS) is 14.5. The molecule has 0 bridgehead atoms. The van der Waals surface area contributed by atoms with E-state index in [1.165, 1.54) is 0 Å². The van der Waals surface area contributed by atoms with Gasteiger partial charge in [0.2, 0.25) is 5.91 Å². The molecule has 5 nitrogen and oxygen atoms in total. The van der Waals surface area contributed by atoms with Gasteiger partial charge in [0.1, 0.15) is 5.75 Å². The molecule has 124 valence electrons. The van der Waals surface area contributed by atoms with Crippen LogP contribution in [0.1, 0.15) is 35.2 Å². The molecule has 0 saturated carbocycles. The molecule has 0 unspecified atom stereocenters. The molecule has 0 spiro atoms. The summed E-state index contributed by atoms with van der Waals surface area (Å²) in [6.07, 6.45) is 2.48. The zero-order chi connectivity index (χ0) is 17.1. The van der Waals surface area contributed by atoms with Crippen LogP contribution in [0.15, 0.2) is 42.5 Å². The summed E-state index contributed by atoms with van der Waals surface area (Å²) in [7, 11) is 0. The van der Waals surface area contributed by atoms with Crippen LogP contribution < -0.4 is 10.2 Å². The lowest BCUT2D eigenvalue weighted by molar-refractivity contribution is -0.119. The Morgan fingerprint density at radius 1 is 1.17 bits per heavy atom. The van der Waals surface area contributed by atoms with Crippen LogP contribution in [0.3, 0.4) is 0 Å². The Balaban J connectivity index is 1.80. The fraction of sp³-hybridized carbons (Fsp3) is 0.263. The number of piperidine rings is 1. The molecule has 0 aliphatic carbocycles. The summed E-state index contributed by atoms with van der Waals surface area (Å²) >= 11 is 0. The fourth-order valence-electron chi connectivity index (χ4n) is 2.87. The number of benzene rings is 2. The van der Waals surface area contributed by atoms with Crippen LogP contribution in [0.2, 0.25) is 0 Å². The first-order valence-corrected chi connectivity index (χ1v) is 8.06. The predicted molar refractivity (Wildman–Crippen MR) is 93.4 cm³/mol. The molecule has 0 atom stereocenters. The van der Waals surface area contributed by atoms with Gasteiger partial charge in [0, 0.05) is 24.3 Å². The van der Waals surface area contributed by atoms with Crippen molar-refractivity contribution in [3.05, 3.63) is 53.6 Å². The maximum atomic E-state index is 12.4. The molecular formula is C19H20N2O3. The zero-order valence-electron chi connectivity index (χ0n) is 13.6. The third-order valence-corrected chi connectivity index (χ3v) is 4.22. The molecule has 2 aromatic carbocycles. The van der Waals surface area contributed by atoms with Gasteiger partial charge >= 0.3 is 0 Å². The third kappa shape index (κ3) is 3.25. The van der Waals surface area contributed by atoms with Crippen molar-refractivity contribution in [3.8, 4) is 5.75 Å². The van der Waals surface area contributed by atoms with Crippen LogP contribution in [-0.4, -0.2) is 23.5 Å². The van der Waals surface area contributed by atoms with E-state index in [4.69, 9.17) is 0 Å². The van der Waals surface area contributed by atoms with Gasteiger partial charge in [-0.1, -0.05) is 18.2 Å². The van der Waals surface area contributed by atoms with Crippen LogP contribution in [0.25, 0.3) is 0 Å². The number of nitrogens with zero attached hydrogens (tertiary/aromatic N) is 1. The minimum Gasteiger partial charge on any atom is -0.507 e. The molecule has 2 aromatic rings. The molecule has 0 aromatic heterocycles. The maximum absolute atomic E-state index is 12.4. The van der Waals surface area contributed by atoms with Gasteiger partial charge in [0.25, 0.3) is 5.91 Å². The van der Waals surface area contributed by atoms with Crippen molar-refractivity contribution in [1.82, 2.24) is 0 Å². The lowest BCUT2D eigenvalue weighted by atomic mass is 10.1. The Bertz CT molecular complexity index is 786. The highest BCUT2D eigenvalue weighted by Gasteiger charge is 2.20. The van der Waals surface area contributed by atoms with E-state index in [-0.39, 0.29) is 23.1 Å². The smallest absolute Gasteiger partial charge is 0.259 e. The van der Waals surface area contributed by atoms with E-state index in [2.05, 4.69) is 5.32 Å². The standard InChI is InChI=1S/C19H20N2O3/c1-13-6-4-9-16(18(13)23)19(24)20-14-7-5-8-15(12-14)21-11-3-2-10-17(21)22/h4-9,12,23H,2-3,10-11H2,1H3,(H,20,24). The number of phenolic OH excluding ortho intramolecular Hbond substituents is 1. The van der Waals surface area contributed by atoms with Crippen molar-refractivity contribution in [2.24, 2.45) is 0 Å². The molecule has 1 aliphatic heterocycles. The average molecular weight is 324 g/mol. The van der Waals surface area contributed by atoms with E-state index < -0.39 is 0 Å². The Morgan fingerprint density at radius 3 is 2.75 bits per heavy atom. The maximum Gasteiger partial charge on any atom is 0.259 e. The highest BCUT2D eigenvalue weighted by atomic mass is 16.3. The molecule has 2 amide bonds. The van der Waals surface area contributed by atoms with Gasteiger partial charge in [-0.25, -0.2) is 0 Å². The van der Waals surface area contributed by atoms with Gasteiger partial charge < -0.3 is 15.3 Å². The molecular weight excluding hydrogens is 304 g/mol. The summed E-state index contributed by atoms with van der Waals surface area (Å²) in [4.78, 5) is 26.2. The Morgan fingerprint density at radius 2 is 1.96 bits per heavy atom. The van der Waals surface area contributed by atoms with Crippen molar-refractivity contribution < 1.29 is 14.7 Å². The molecule has 0 radical (unpaired) electrons. The number of carbonyl (C=O) groups is 2. The fourth-order valence-corrected chi connectivity index (χ4v) is 2.87. The van der Waals surface area contributed by atoms with E-state index in [0.29, 0.717) is 24.2 Å². The van der Waals surface area contributed by atoms with Crippen LogP contribution in [0, 0.1) is 6.92 Å². The van der Waals surface area contributed by atoms with Gasteiger partial charge in [-0.2, -0.15) is 0 Å². The van der Waals surface area contributed by atoms with Gasteiger partial charge in [-0.05, 0) is 49.6 Å². The first-order valence-electron chi connectivity index (χ1n) is 8.06. The van der Waals surface area contributed by atoms with Crippen molar-refractivity contribution >= 4 is 23.2 Å². The molecule has 1 saturated heterocycles. The van der Waals surface area contributed by atoms with E-state index in [9.17, 15) is 14.7 Å². The van der Waals surface area contributed by atoms with E-state index in [1.54, 1.807) is 42.2 Å². The largest absolute Gasteiger partial charge is 0.507 e. The van der Waals surface area contributed by atoms with Crippen LogP contribution >= 0.6 is 0 Å². The zero-order valence-corrected chi connectivity index (χ0v) is 13.6. The number of aromatic hydroxyl groups is 1. The Labute approximate surface area is 140 Å². The van der Waals surface area contributed by atoms with Crippen molar-refractivity contribution in [2.45, 2.75) is 26.2 Å². The van der Waals surface area contributed by atoms with Crippen molar-refractivity contribution in [1.29, 1.82) is 0 Å². The van der Waals surface area contributed by atoms with Crippen LogP contribution in [0.4, 0.5) is 11.4 Å². The van der Waals surface area contributed by atoms with Crippen LogP contribution in [0.5, 0.6) is 5.75 Å². The summed E-state index contributed by atoms with van der Waals surface area (Å²) in [5.41, 5.74) is 2.26. The SMILES string of the molecule is Cc1cccc(C(=O)Nc2cccc(N3CCCCC3=O)c2)c1O. The van der Waals surface area contributed by atoms with E-state index in [0.717, 1.165) is 18.5 Å². The monoisotopic (exact) mass is 324 g/mol. The second-order valence-electron chi connectivity index (χ2n) is 5.98. The summed E-state index contributed by atoms with van der Waals surface area (Å²) in [6.45, 7) is 2.45. The topological polar surface area (TPSA) is 69.6 Å². The Kier molecular flexibility index (Phi) is 4.51. The number of rotatable bonds is 3. The van der Waals surface area contributed by atoms with Gasteiger partial charge in [0.15, 0.2) is 0 Å². The molecule has 2 N–H and O–H groups in total. The van der Waals surface area contributed by atoms with Crippen LogP contribution in [-0.2, 0) is 4.79 Å². The van der Waals surface area contributed by atoms with Gasteiger partial charge in [-0.3, -0.25) is 9.59 Å². The first-order chi connectivity index (χ1) is 11.6. The number of para-hydroxylation sites is 1. The first kappa shape index (κ1) is 16.1. The van der Waals surface area contributed by atoms with Gasteiger partial charge in [-0.15, -0.1) is 0 Å². The lowest BCUT2D eigenvalue weighted by Crippen LogP contribution is -2.35. The quantitative estimate of drug-likeness (QED) is 0.908. The molecule has 3 rings (SSSR count). The highest BCUT2D eigenvalue weighted by Crippen LogP contribution is 2.26. The molecule has 1 heterocycles. The number of nitrogens with one attached hydrogen (secondary N) is 1. The number of aryl methyl sites for hydroxylation is 1. The van der Waals surface area contributed by atoms with Crippen molar-refractivity contribution in [3.63, 3.8) is 0 Å². The van der Waals surface area contributed by atoms with Crippen molar-refractivity contribution in [2.75, 3.05) is 16.8 Å².